The second-order valence-electron chi connectivity index (χ2n) is 7.43. The maximum atomic E-state index is 12.9. The Morgan fingerprint density at radius 3 is 2.62 bits per heavy atom. The number of hydrogen-bond acceptors (Lipinski definition) is 5. The average molecular weight is 415 g/mol. The number of rotatable bonds is 5. The van der Waals surface area contributed by atoms with Crippen LogP contribution in [0.25, 0.3) is 0 Å². The van der Waals surface area contributed by atoms with E-state index in [9.17, 15) is 9.59 Å². The fraction of sp³-hybridized carbons (Fsp3) is 0.455. The van der Waals surface area contributed by atoms with E-state index in [1.807, 2.05) is 65.4 Å². The normalized spacial score (nSPS) is 22.6. The molecule has 0 radical (unpaired) electrons. The summed E-state index contributed by atoms with van der Waals surface area (Å²) in [7, 11) is 0. The lowest BCUT2D eigenvalue weighted by Gasteiger charge is -2.37. The molecule has 7 heteroatoms. The number of benzene rings is 1. The van der Waals surface area contributed by atoms with E-state index < -0.39 is 0 Å². The van der Waals surface area contributed by atoms with Crippen molar-refractivity contribution in [2.75, 3.05) is 19.7 Å². The van der Waals surface area contributed by atoms with E-state index in [-0.39, 0.29) is 30.2 Å². The van der Waals surface area contributed by atoms with Gasteiger partial charge in [-0.2, -0.15) is 0 Å². The molecule has 6 nitrogen and oxygen atoms in total. The van der Waals surface area contributed by atoms with E-state index in [2.05, 4.69) is 0 Å². The zero-order chi connectivity index (χ0) is 20.4. The van der Waals surface area contributed by atoms with Crippen LogP contribution >= 0.6 is 11.3 Å². The summed E-state index contributed by atoms with van der Waals surface area (Å²) < 4.78 is 11.3. The molecule has 0 N–H and O–H groups in total. The Balaban J connectivity index is 1.40. The van der Waals surface area contributed by atoms with Gasteiger partial charge in [-0.05, 0) is 43.7 Å². The van der Waals surface area contributed by atoms with Crippen LogP contribution in [0.15, 0.2) is 41.8 Å². The highest BCUT2D eigenvalue weighted by Crippen LogP contribution is 2.36. The van der Waals surface area contributed by atoms with Gasteiger partial charge in [-0.3, -0.25) is 9.69 Å². The van der Waals surface area contributed by atoms with Gasteiger partial charge < -0.3 is 14.4 Å². The van der Waals surface area contributed by atoms with Gasteiger partial charge in [0.2, 0.25) is 0 Å². The van der Waals surface area contributed by atoms with Gasteiger partial charge in [0.15, 0.2) is 0 Å². The molecule has 4 rings (SSSR count). The number of carbonyl (C=O) groups excluding carboxylic acids is 2. The monoisotopic (exact) mass is 414 g/mol. The molecule has 0 spiro atoms. The SMILES string of the molecule is CCOc1ccsc1C(=O)N1CCC(N2C(=O)O[C@H](c3ccccc3)[C@@H]2C)CC1. The summed E-state index contributed by atoms with van der Waals surface area (Å²) in [6.07, 6.45) is 1.00. The molecule has 0 bridgehead atoms. The summed E-state index contributed by atoms with van der Waals surface area (Å²) in [6, 6.07) is 11.8. The number of ether oxygens (including phenoxy) is 2. The van der Waals surface area contributed by atoms with Crippen molar-refractivity contribution in [1.29, 1.82) is 0 Å². The minimum Gasteiger partial charge on any atom is -0.492 e. The van der Waals surface area contributed by atoms with E-state index in [4.69, 9.17) is 9.47 Å². The van der Waals surface area contributed by atoms with Crippen molar-refractivity contribution in [3.05, 3.63) is 52.2 Å². The van der Waals surface area contributed by atoms with E-state index in [1.54, 1.807) is 0 Å². The van der Waals surface area contributed by atoms with Crippen molar-refractivity contribution in [3.8, 4) is 5.75 Å². The smallest absolute Gasteiger partial charge is 0.411 e. The Kier molecular flexibility index (Phi) is 5.76. The van der Waals surface area contributed by atoms with Crippen LogP contribution in [0.2, 0.25) is 0 Å². The third-order valence-corrected chi connectivity index (χ3v) is 6.60. The molecule has 0 saturated carbocycles. The molecule has 1 aromatic carbocycles. The van der Waals surface area contributed by atoms with Crippen LogP contribution in [0.1, 0.15) is 48.0 Å². The van der Waals surface area contributed by atoms with E-state index in [0.29, 0.717) is 30.3 Å². The summed E-state index contributed by atoms with van der Waals surface area (Å²) in [5.74, 6) is 0.674. The first-order chi connectivity index (χ1) is 14.1. The van der Waals surface area contributed by atoms with Crippen molar-refractivity contribution in [2.24, 2.45) is 0 Å². The molecule has 1 aromatic heterocycles. The molecular formula is C22H26N2O4S. The van der Waals surface area contributed by atoms with E-state index >= 15 is 0 Å². The largest absolute Gasteiger partial charge is 0.492 e. The van der Waals surface area contributed by atoms with E-state index in [1.165, 1.54) is 11.3 Å². The van der Waals surface area contributed by atoms with Crippen molar-refractivity contribution in [3.63, 3.8) is 0 Å². The molecular weight excluding hydrogens is 388 g/mol. The first-order valence-corrected chi connectivity index (χ1v) is 11.0. The van der Waals surface area contributed by atoms with Crippen LogP contribution in [0.4, 0.5) is 4.79 Å². The third-order valence-electron chi connectivity index (χ3n) is 5.71. The van der Waals surface area contributed by atoms with E-state index in [0.717, 1.165) is 18.4 Å². The predicted octanol–water partition coefficient (Wildman–Crippen LogP) is 4.33. The number of piperidine rings is 1. The van der Waals surface area contributed by atoms with Gasteiger partial charge in [0.25, 0.3) is 5.91 Å². The fourth-order valence-corrected chi connectivity index (χ4v) is 5.07. The number of likely N-dealkylation sites (tertiary alicyclic amines) is 1. The Hall–Kier alpha value is -2.54. The summed E-state index contributed by atoms with van der Waals surface area (Å²) in [6.45, 7) is 5.74. The van der Waals surface area contributed by atoms with Crippen molar-refractivity contribution < 1.29 is 19.1 Å². The van der Waals surface area contributed by atoms with Crippen LogP contribution in [-0.2, 0) is 4.74 Å². The lowest BCUT2D eigenvalue weighted by atomic mass is 9.98. The predicted molar refractivity (Wildman–Crippen MR) is 111 cm³/mol. The van der Waals surface area contributed by atoms with Gasteiger partial charge in [-0.25, -0.2) is 4.79 Å². The lowest BCUT2D eigenvalue weighted by Crippen LogP contribution is -2.49. The molecule has 29 heavy (non-hydrogen) atoms. The molecule has 2 atom stereocenters. The van der Waals surface area contributed by atoms with Gasteiger partial charge in [-0.15, -0.1) is 11.3 Å². The summed E-state index contributed by atoms with van der Waals surface area (Å²) in [4.78, 5) is 29.9. The molecule has 3 heterocycles. The molecule has 154 valence electrons. The highest BCUT2D eigenvalue weighted by molar-refractivity contribution is 7.12. The quantitative estimate of drug-likeness (QED) is 0.731. The zero-order valence-electron chi connectivity index (χ0n) is 16.7. The Bertz CT molecular complexity index is 861. The van der Waals surface area contributed by atoms with Gasteiger partial charge in [-0.1, -0.05) is 30.3 Å². The van der Waals surface area contributed by atoms with Gasteiger partial charge in [0.1, 0.15) is 16.7 Å². The first kappa shape index (κ1) is 19.8. The fourth-order valence-electron chi connectivity index (χ4n) is 4.26. The Labute approximate surface area is 175 Å². The summed E-state index contributed by atoms with van der Waals surface area (Å²) >= 11 is 1.42. The Morgan fingerprint density at radius 2 is 1.93 bits per heavy atom. The van der Waals surface area contributed by atoms with Crippen LogP contribution in [-0.4, -0.2) is 53.6 Å². The number of amides is 2. The van der Waals surface area contributed by atoms with Crippen molar-refractivity contribution in [2.45, 2.75) is 44.9 Å². The number of hydrogen-bond donors (Lipinski definition) is 0. The van der Waals surface area contributed by atoms with Crippen molar-refractivity contribution in [1.82, 2.24) is 9.80 Å². The summed E-state index contributed by atoms with van der Waals surface area (Å²) in [5.41, 5.74) is 1.02. The minimum absolute atomic E-state index is 0.0149. The maximum absolute atomic E-state index is 12.9. The molecule has 2 aliphatic heterocycles. The second-order valence-corrected chi connectivity index (χ2v) is 8.35. The van der Waals surface area contributed by atoms with Crippen LogP contribution in [0, 0.1) is 0 Å². The number of carbonyl (C=O) groups is 2. The third kappa shape index (κ3) is 3.83. The molecule has 2 fully saturated rings. The number of cyclic esters (lactones) is 1. The van der Waals surface area contributed by atoms with Crippen LogP contribution in [0.3, 0.4) is 0 Å². The van der Waals surface area contributed by atoms with Crippen molar-refractivity contribution >= 4 is 23.3 Å². The maximum Gasteiger partial charge on any atom is 0.411 e. The van der Waals surface area contributed by atoms with Gasteiger partial charge >= 0.3 is 6.09 Å². The van der Waals surface area contributed by atoms with Crippen LogP contribution < -0.4 is 4.74 Å². The highest BCUT2D eigenvalue weighted by atomic mass is 32.1. The first-order valence-electron chi connectivity index (χ1n) is 10.1. The molecule has 0 aliphatic carbocycles. The minimum atomic E-state index is -0.256. The topological polar surface area (TPSA) is 59.1 Å². The highest BCUT2D eigenvalue weighted by Gasteiger charge is 2.44. The zero-order valence-corrected chi connectivity index (χ0v) is 17.6. The molecule has 2 amide bonds. The van der Waals surface area contributed by atoms with Gasteiger partial charge in [0, 0.05) is 19.1 Å². The van der Waals surface area contributed by atoms with Gasteiger partial charge in [0.05, 0.1) is 12.6 Å². The summed E-state index contributed by atoms with van der Waals surface area (Å²) in [5, 5.41) is 1.89. The number of nitrogens with zero attached hydrogens (tertiary/aromatic N) is 2. The Morgan fingerprint density at radius 1 is 1.21 bits per heavy atom. The average Bonchev–Trinajstić information content (AvgIpc) is 3.32. The molecule has 2 aromatic rings. The standard InChI is InChI=1S/C22H26N2O4S/c1-3-27-18-11-14-29-20(18)21(25)23-12-9-17(10-13-23)24-15(2)19(28-22(24)26)16-7-5-4-6-8-16/h4-8,11,14-15,17,19H,3,9-10,12-13H2,1-2H3/t15-,19-/m0/s1. The number of thiophene rings is 1. The second kappa shape index (κ2) is 8.45. The molecule has 2 aliphatic rings. The lowest BCUT2D eigenvalue weighted by molar-refractivity contribution is 0.0642. The van der Waals surface area contributed by atoms with Crippen LogP contribution in [0.5, 0.6) is 5.75 Å². The molecule has 2 saturated heterocycles. The molecule has 0 unspecified atom stereocenters.